The molecule has 0 saturated carbocycles. The Morgan fingerprint density at radius 1 is 1.00 bits per heavy atom. The number of nitrogens with one attached hydrogen (secondary N) is 1. The molecule has 0 spiro atoms. The van der Waals surface area contributed by atoms with Crippen molar-refractivity contribution in [2.75, 3.05) is 19.5 Å². The van der Waals surface area contributed by atoms with Crippen molar-refractivity contribution in [3.8, 4) is 17.2 Å². The van der Waals surface area contributed by atoms with Crippen LogP contribution in [0, 0.1) is 5.82 Å². The maximum atomic E-state index is 14.0. The molecule has 168 valence electrons. The SMILES string of the molecule is COc1ccc(C(=O)O)cc1NCc1cc(OC)c(OCc2c(F)cccc2Cl)cc1Cl. The van der Waals surface area contributed by atoms with Gasteiger partial charge in [-0.05, 0) is 42.0 Å². The lowest BCUT2D eigenvalue weighted by atomic mass is 10.1. The van der Waals surface area contributed by atoms with Crippen molar-refractivity contribution in [2.45, 2.75) is 13.2 Å². The molecule has 9 heteroatoms. The van der Waals surface area contributed by atoms with Gasteiger partial charge in [-0.3, -0.25) is 0 Å². The summed E-state index contributed by atoms with van der Waals surface area (Å²) < 4.78 is 30.4. The lowest BCUT2D eigenvalue weighted by Crippen LogP contribution is -2.06. The summed E-state index contributed by atoms with van der Waals surface area (Å²) in [5.41, 5.74) is 1.51. The van der Waals surface area contributed by atoms with Gasteiger partial charge >= 0.3 is 5.97 Å². The number of benzene rings is 3. The van der Waals surface area contributed by atoms with Crippen molar-refractivity contribution in [1.82, 2.24) is 0 Å². The quantitative estimate of drug-likeness (QED) is 0.389. The summed E-state index contributed by atoms with van der Waals surface area (Å²) in [7, 11) is 2.97. The second-order valence-corrected chi connectivity index (χ2v) is 7.47. The van der Waals surface area contributed by atoms with Crippen LogP contribution < -0.4 is 19.5 Å². The predicted molar refractivity (Wildman–Crippen MR) is 121 cm³/mol. The first kappa shape index (κ1) is 23.5. The Balaban J connectivity index is 1.80. The molecule has 0 saturated heterocycles. The highest BCUT2D eigenvalue weighted by Gasteiger charge is 2.15. The minimum Gasteiger partial charge on any atom is -0.495 e. The van der Waals surface area contributed by atoms with E-state index < -0.39 is 11.8 Å². The van der Waals surface area contributed by atoms with E-state index in [0.717, 1.165) is 0 Å². The van der Waals surface area contributed by atoms with Crippen molar-refractivity contribution in [1.29, 1.82) is 0 Å². The second-order valence-electron chi connectivity index (χ2n) is 6.66. The Morgan fingerprint density at radius 3 is 2.41 bits per heavy atom. The zero-order chi connectivity index (χ0) is 23.3. The Morgan fingerprint density at radius 2 is 1.75 bits per heavy atom. The highest BCUT2D eigenvalue weighted by molar-refractivity contribution is 6.31. The van der Waals surface area contributed by atoms with Crippen molar-refractivity contribution in [2.24, 2.45) is 0 Å². The molecular formula is C23H20Cl2FNO5. The molecule has 0 aromatic heterocycles. The smallest absolute Gasteiger partial charge is 0.335 e. The van der Waals surface area contributed by atoms with E-state index in [9.17, 15) is 14.3 Å². The third kappa shape index (κ3) is 5.36. The Kier molecular flexibility index (Phi) is 7.66. The van der Waals surface area contributed by atoms with Crippen LogP contribution in [0.2, 0.25) is 10.0 Å². The number of hydrogen-bond acceptors (Lipinski definition) is 5. The molecule has 0 aliphatic heterocycles. The first-order valence-electron chi connectivity index (χ1n) is 9.41. The summed E-state index contributed by atoms with van der Waals surface area (Å²) in [6.07, 6.45) is 0. The fourth-order valence-electron chi connectivity index (χ4n) is 2.97. The van der Waals surface area contributed by atoms with E-state index in [1.807, 2.05) is 0 Å². The van der Waals surface area contributed by atoms with Crippen LogP contribution in [-0.4, -0.2) is 25.3 Å². The van der Waals surface area contributed by atoms with E-state index in [2.05, 4.69) is 5.32 Å². The van der Waals surface area contributed by atoms with Crippen LogP contribution in [0.5, 0.6) is 17.2 Å². The van der Waals surface area contributed by atoms with Gasteiger partial charge in [0, 0.05) is 23.2 Å². The Bertz CT molecular complexity index is 1120. The number of carboxylic acid groups (broad SMARTS) is 1. The van der Waals surface area contributed by atoms with Gasteiger partial charge in [-0.1, -0.05) is 29.3 Å². The third-order valence-corrected chi connectivity index (χ3v) is 5.39. The highest BCUT2D eigenvalue weighted by Crippen LogP contribution is 2.35. The van der Waals surface area contributed by atoms with Crippen LogP contribution in [0.15, 0.2) is 48.5 Å². The van der Waals surface area contributed by atoms with Gasteiger partial charge in [0.25, 0.3) is 0 Å². The zero-order valence-corrected chi connectivity index (χ0v) is 18.8. The molecule has 0 radical (unpaired) electrons. The molecule has 0 unspecified atom stereocenters. The lowest BCUT2D eigenvalue weighted by Gasteiger charge is -2.16. The fraction of sp³-hybridized carbons (Fsp3) is 0.174. The van der Waals surface area contributed by atoms with Gasteiger partial charge < -0.3 is 24.6 Å². The number of rotatable bonds is 9. The molecule has 0 amide bonds. The molecule has 6 nitrogen and oxygen atoms in total. The van der Waals surface area contributed by atoms with Crippen LogP contribution in [0.4, 0.5) is 10.1 Å². The van der Waals surface area contributed by atoms with E-state index in [1.165, 1.54) is 38.5 Å². The van der Waals surface area contributed by atoms with Crippen LogP contribution in [-0.2, 0) is 13.2 Å². The minimum absolute atomic E-state index is 0.102. The highest BCUT2D eigenvalue weighted by atomic mass is 35.5. The summed E-state index contributed by atoms with van der Waals surface area (Å²) in [5.74, 6) is -0.316. The molecular weight excluding hydrogens is 460 g/mol. The summed E-state index contributed by atoms with van der Waals surface area (Å²) in [6, 6.07) is 12.1. The van der Waals surface area contributed by atoms with Gasteiger partial charge in [0.2, 0.25) is 0 Å². The zero-order valence-electron chi connectivity index (χ0n) is 17.2. The number of halogens is 3. The van der Waals surface area contributed by atoms with Gasteiger partial charge in [0.05, 0.1) is 30.5 Å². The van der Waals surface area contributed by atoms with Gasteiger partial charge in [-0.2, -0.15) is 0 Å². The average Bonchev–Trinajstić information content (AvgIpc) is 2.77. The minimum atomic E-state index is -1.05. The number of anilines is 1. The largest absolute Gasteiger partial charge is 0.495 e. The fourth-order valence-corrected chi connectivity index (χ4v) is 3.41. The molecule has 3 aromatic carbocycles. The third-order valence-electron chi connectivity index (χ3n) is 4.68. The van der Waals surface area contributed by atoms with Crippen molar-refractivity contribution in [3.05, 3.63) is 81.1 Å². The van der Waals surface area contributed by atoms with Crippen molar-refractivity contribution < 1.29 is 28.5 Å². The molecule has 0 fully saturated rings. The normalized spacial score (nSPS) is 10.5. The molecule has 0 atom stereocenters. The monoisotopic (exact) mass is 479 g/mol. The Labute approximate surface area is 194 Å². The molecule has 2 N–H and O–H groups in total. The first-order valence-corrected chi connectivity index (χ1v) is 10.2. The molecule has 0 heterocycles. The number of carbonyl (C=O) groups is 1. The Hall–Kier alpha value is -3.16. The standard InChI is InChI=1S/C23H20Cl2FNO5/c1-30-20-7-6-13(23(28)29)8-19(20)27-11-14-9-21(31-2)22(10-17(14)25)32-12-15-16(24)4-3-5-18(15)26/h3-10,27H,11-12H2,1-2H3,(H,28,29). The number of ether oxygens (including phenoxy) is 3. The molecule has 0 bridgehead atoms. The van der Waals surface area contributed by atoms with Gasteiger partial charge in [-0.15, -0.1) is 0 Å². The average molecular weight is 480 g/mol. The molecule has 3 aromatic rings. The van der Waals surface area contributed by atoms with Crippen molar-refractivity contribution in [3.63, 3.8) is 0 Å². The molecule has 3 rings (SSSR count). The molecule has 32 heavy (non-hydrogen) atoms. The maximum absolute atomic E-state index is 14.0. The van der Waals surface area contributed by atoms with E-state index in [0.29, 0.717) is 33.5 Å². The summed E-state index contributed by atoms with van der Waals surface area (Å²) in [6.45, 7) is 0.156. The molecule has 0 aliphatic rings. The molecule has 0 aliphatic carbocycles. The van der Waals surface area contributed by atoms with Gasteiger partial charge in [0.1, 0.15) is 18.2 Å². The van der Waals surface area contributed by atoms with E-state index in [-0.39, 0.29) is 29.3 Å². The summed E-state index contributed by atoms with van der Waals surface area (Å²) in [5, 5.41) is 13.0. The van der Waals surface area contributed by atoms with Crippen LogP contribution in [0.25, 0.3) is 0 Å². The van der Waals surface area contributed by atoms with Gasteiger partial charge in [-0.25, -0.2) is 9.18 Å². The van der Waals surface area contributed by atoms with E-state index >= 15 is 0 Å². The predicted octanol–water partition coefficient (Wildman–Crippen LogP) is 6.04. The van der Waals surface area contributed by atoms with Crippen LogP contribution >= 0.6 is 23.2 Å². The number of methoxy groups -OCH3 is 2. The first-order chi connectivity index (χ1) is 15.3. The maximum Gasteiger partial charge on any atom is 0.335 e. The van der Waals surface area contributed by atoms with E-state index in [1.54, 1.807) is 24.3 Å². The van der Waals surface area contributed by atoms with Crippen molar-refractivity contribution >= 4 is 34.9 Å². The topological polar surface area (TPSA) is 77.0 Å². The van der Waals surface area contributed by atoms with Gasteiger partial charge in [0.15, 0.2) is 11.5 Å². The second kappa shape index (κ2) is 10.4. The summed E-state index contributed by atoms with van der Waals surface area (Å²) >= 11 is 12.5. The number of aromatic carboxylic acids is 1. The van der Waals surface area contributed by atoms with Crippen LogP contribution in [0.3, 0.4) is 0 Å². The van der Waals surface area contributed by atoms with Crippen LogP contribution in [0.1, 0.15) is 21.5 Å². The van der Waals surface area contributed by atoms with E-state index in [4.69, 9.17) is 37.4 Å². The lowest BCUT2D eigenvalue weighted by molar-refractivity contribution is 0.0697. The summed E-state index contributed by atoms with van der Waals surface area (Å²) in [4.78, 5) is 11.3. The number of hydrogen-bond donors (Lipinski definition) is 2. The number of carboxylic acids is 1.